The van der Waals surface area contributed by atoms with Gasteiger partial charge < -0.3 is 14.5 Å². The number of benzene rings is 2. The summed E-state index contributed by atoms with van der Waals surface area (Å²) < 4.78 is 10.4. The van der Waals surface area contributed by atoms with Crippen molar-refractivity contribution >= 4 is 34.3 Å². The van der Waals surface area contributed by atoms with Gasteiger partial charge in [0, 0.05) is 28.7 Å². The number of hydrogen-bond donors (Lipinski definition) is 2. The summed E-state index contributed by atoms with van der Waals surface area (Å²) >= 11 is 0. The van der Waals surface area contributed by atoms with Gasteiger partial charge in [-0.3, -0.25) is 15.4 Å². The Labute approximate surface area is 165 Å². The van der Waals surface area contributed by atoms with Crippen LogP contribution in [0.2, 0.25) is 0 Å². The normalized spacial score (nSPS) is 11.1. The van der Waals surface area contributed by atoms with E-state index < -0.39 is 22.6 Å². The lowest BCUT2D eigenvalue weighted by Crippen LogP contribution is -2.27. The lowest BCUT2D eigenvalue weighted by atomic mass is 10.2. The molecule has 0 fully saturated rings. The molecule has 9 nitrogen and oxygen atoms in total. The Kier molecular flexibility index (Phi) is 5.22. The van der Waals surface area contributed by atoms with Crippen LogP contribution in [0.5, 0.6) is 5.75 Å². The van der Waals surface area contributed by atoms with Gasteiger partial charge in [0.2, 0.25) is 0 Å². The predicted octanol–water partition coefficient (Wildman–Crippen LogP) is 4.64. The molecule has 29 heavy (non-hydrogen) atoms. The third-order valence-electron chi connectivity index (χ3n) is 3.74. The number of amides is 1. The number of aromatic amines is 1. The van der Waals surface area contributed by atoms with Gasteiger partial charge in [-0.2, -0.15) is 0 Å². The number of nitrogens with one attached hydrogen (secondary N) is 2. The van der Waals surface area contributed by atoms with Gasteiger partial charge in [-0.1, -0.05) is 0 Å². The Morgan fingerprint density at radius 2 is 1.76 bits per heavy atom. The van der Waals surface area contributed by atoms with Crippen molar-refractivity contribution in [1.29, 1.82) is 0 Å². The number of carbonyl (C=O) groups is 2. The van der Waals surface area contributed by atoms with E-state index in [1.54, 1.807) is 45.0 Å². The molecule has 0 aliphatic carbocycles. The second kappa shape index (κ2) is 7.63. The number of nitrogens with zero attached hydrogens (tertiary/aromatic N) is 1. The zero-order valence-corrected chi connectivity index (χ0v) is 16.0. The van der Waals surface area contributed by atoms with Gasteiger partial charge in [-0.15, -0.1) is 0 Å². The Balaban J connectivity index is 1.72. The highest BCUT2D eigenvalue weighted by atomic mass is 16.6. The minimum absolute atomic E-state index is 0.0968. The standard InChI is InChI=1S/C20H19N3O6/c1-20(2,3)29-19(25)21-13-4-9-16-12(10-13)11-17(22-16)18(24)28-15-7-5-14(6-8-15)23(26)27/h4-11,22H,1-3H3,(H,21,25). The predicted molar refractivity (Wildman–Crippen MR) is 106 cm³/mol. The summed E-state index contributed by atoms with van der Waals surface area (Å²) in [7, 11) is 0. The molecule has 1 heterocycles. The van der Waals surface area contributed by atoms with Crippen LogP contribution >= 0.6 is 0 Å². The fraction of sp³-hybridized carbons (Fsp3) is 0.200. The van der Waals surface area contributed by atoms with E-state index in [-0.39, 0.29) is 17.1 Å². The van der Waals surface area contributed by atoms with Crippen LogP contribution in [0.15, 0.2) is 48.5 Å². The van der Waals surface area contributed by atoms with Gasteiger partial charge in [-0.05, 0) is 57.2 Å². The number of nitro benzene ring substituents is 1. The van der Waals surface area contributed by atoms with Crippen molar-refractivity contribution in [3.63, 3.8) is 0 Å². The Morgan fingerprint density at radius 3 is 2.38 bits per heavy atom. The Morgan fingerprint density at radius 1 is 1.07 bits per heavy atom. The molecule has 2 N–H and O–H groups in total. The summed E-state index contributed by atoms with van der Waals surface area (Å²) in [6.07, 6.45) is -0.579. The summed E-state index contributed by atoms with van der Waals surface area (Å²) in [5, 5.41) is 14.0. The van der Waals surface area contributed by atoms with Crippen LogP contribution in [-0.4, -0.2) is 27.6 Å². The first-order valence-corrected chi connectivity index (χ1v) is 8.70. The topological polar surface area (TPSA) is 124 Å². The first-order valence-electron chi connectivity index (χ1n) is 8.70. The molecule has 1 amide bonds. The molecule has 3 aromatic rings. The molecular weight excluding hydrogens is 378 g/mol. The van der Waals surface area contributed by atoms with Crippen molar-refractivity contribution in [2.45, 2.75) is 26.4 Å². The number of hydrogen-bond acceptors (Lipinski definition) is 6. The minimum atomic E-state index is -0.642. The van der Waals surface area contributed by atoms with Crippen LogP contribution in [-0.2, 0) is 4.74 Å². The zero-order valence-electron chi connectivity index (χ0n) is 16.0. The number of esters is 1. The summed E-state index contributed by atoms with van der Waals surface area (Å²) in [6, 6.07) is 11.9. The Hall–Kier alpha value is -3.88. The molecule has 0 unspecified atom stereocenters. The molecule has 0 radical (unpaired) electrons. The maximum absolute atomic E-state index is 12.3. The fourth-order valence-corrected chi connectivity index (χ4v) is 2.54. The molecule has 1 aromatic heterocycles. The van der Waals surface area contributed by atoms with E-state index in [1.807, 2.05) is 0 Å². The van der Waals surface area contributed by atoms with E-state index in [1.165, 1.54) is 24.3 Å². The number of carbonyl (C=O) groups excluding carboxylic acids is 2. The number of non-ortho nitro benzene ring substituents is 1. The maximum atomic E-state index is 12.3. The van der Waals surface area contributed by atoms with E-state index in [9.17, 15) is 19.7 Å². The number of rotatable bonds is 4. The lowest BCUT2D eigenvalue weighted by Gasteiger charge is -2.19. The molecular formula is C20H19N3O6. The fourth-order valence-electron chi connectivity index (χ4n) is 2.54. The van der Waals surface area contributed by atoms with Gasteiger partial charge >= 0.3 is 12.1 Å². The smallest absolute Gasteiger partial charge is 0.412 e. The highest BCUT2D eigenvalue weighted by molar-refractivity contribution is 5.97. The van der Waals surface area contributed by atoms with Gasteiger partial charge in [0.05, 0.1) is 4.92 Å². The van der Waals surface area contributed by atoms with Gasteiger partial charge in [-0.25, -0.2) is 9.59 Å². The monoisotopic (exact) mass is 397 g/mol. The van der Waals surface area contributed by atoms with E-state index in [2.05, 4.69) is 10.3 Å². The summed E-state index contributed by atoms with van der Waals surface area (Å²) in [5.41, 5.74) is 0.682. The molecule has 0 bridgehead atoms. The van der Waals surface area contributed by atoms with Crippen molar-refractivity contribution in [2.24, 2.45) is 0 Å². The molecule has 0 aliphatic heterocycles. The van der Waals surface area contributed by atoms with Crippen LogP contribution in [0.4, 0.5) is 16.2 Å². The van der Waals surface area contributed by atoms with Crippen molar-refractivity contribution < 1.29 is 24.0 Å². The SMILES string of the molecule is CC(C)(C)OC(=O)Nc1ccc2[nH]c(C(=O)Oc3ccc([N+](=O)[O-])cc3)cc2c1. The number of nitro groups is 1. The van der Waals surface area contributed by atoms with Crippen molar-refractivity contribution in [2.75, 3.05) is 5.32 Å². The third kappa shape index (κ3) is 5.10. The highest BCUT2D eigenvalue weighted by Gasteiger charge is 2.17. The first-order chi connectivity index (χ1) is 13.6. The number of ether oxygens (including phenoxy) is 2. The summed E-state index contributed by atoms with van der Waals surface area (Å²) in [5.74, 6) is -0.455. The number of aromatic nitrogens is 1. The van der Waals surface area contributed by atoms with E-state index >= 15 is 0 Å². The molecule has 150 valence electrons. The van der Waals surface area contributed by atoms with Gasteiger partial charge in [0.15, 0.2) is 0 Å². The van der Waals surface area contributed by atoms with E-state index in [0.29, 0.717) is 16.6 Å². The van der Waals surface area contributed by atoms with E-state index in [0.717, 1.165) is 0 Å². The zero-order chi connectivity index (χ0) is 21.2. The lowest BCUT2D eigenvalue weighted by molar-refractivity contribution is -0.384. The molecule has 0 spiro atoms. The quantitative estimate of drug-likeness (QED) is 0.286. The average molecular weight is 397 g/mol. The minimum Gasteiger partial charge on any atom is -0.444 e. The number of fused-ring (bicyclic) bond motifs is 1. The summed E-state index contributed by atoms with van der Waals surface area (Å²) in [6.45, 7) is 5.31. The third-order valence-corrected chi connectivity index (χ3v) is 3.74. The van der Waals surface area contributed by atoms with Crippen LogP contribution in [0, 0.1) is 10.1 Å². The van der Waals surface area contributed by atoms with Crippen molar-refractivity contribution in [3.05, 3.63) is 64.3 Å². The highest BCUT2D eigenvalue weighted by Crippen LogP contribution is 2.23. The van der Waals surface area contributed by atoms with E-state index in [4.69, 9.17) is 9.47 Å². The summed E-state index contributed by atoms with van der Waals surface area (Å²) in [4.78, 5) is 37.3. The largest absolute Gasteiger partial charge is 0.444 e. The second-order valence-corrected chi connectivity index (χ2v) is 7.25. The molecule has 0 atom stereocenters. The first kappa shape index (κ1) is 19.9. The Bertz CT molecular complexity index is 1080. The molecule has 0 saturated carbocycles. The molecule has 2 aromatic carbocycles. The van der Waals surface area contributed by atoms with Gasteiger partial charge in [0.25, 0.3) is 5.69 Å². The molecule has 3 rings (SSSR count). The molecule has 0 aliphatic rings. The van der Waals surface area contributed by atoms with Crippen LogP contribution in [0.25, 0.3) is 10.9 Å². The average Bonchev–Trinajstić information content (AvgIpc) is 3.04. The maximum Gasteiger partial charge on any atom is 0.412 e. The number of anilines is 1. The number of H-pyrrole nitrogens is 1. The molecule has 0 saturated heterocycles. The van der Waals surface area contributed by atoms with Crippen molar-refractivity contribution in [1.82, 2.24) is 4.98 Å². The van der Waals surface area contributed by atoms with Crippen LogP contribution in [0.1, 0.15) is 31.3 Å². The van der Waals surface area contributed by atoms with Gasteiger partial charge in [0.1, 0.15) is 17.0 Å². The van der Waals surface area contributed by atoms with Crippen molar-refractivity contribution in [3.8, 4) is 5.75 Å². The van der Waals surface area contributed by atoms with Crippen LogP contribution in [0.3, 0.4) is 0 Å². The van der Waals surface area contributed by atoms with Crippen LogP contribution < -0.4 is 10.1 Å². The second-order valence-electron chi connectivity index (χ2n) is 7.25. The molecule has 9 heteroatoms.